The summed E-state index contributed by atoms with van der Waals surface area (Å²) in [6.07, 6.45) is 0. The van der Waals surface area contributed by atoms with Crippen LogP contribution in [0.2, 0.25) is 0 Å². The summed E-state index contributed by atoms with van der Waals surface area (Å²) in [4.78, 5) is 15.4. The predicted molar refractivity (Wildman–Crippen MR) is 203 cm³/mol. The zero-order valence-electron chi connectivity index (χ0n) is 27.3. The van der Waals surface area contributed by atoms with Gasteiger partial charge in [-0.25, -0.2) is 23.4 Å². The molecule has 5 nitrogen and oxygen atoms in total. The zero-order valence-corrected chi connectivity index (χ0v) is 28.1. The standard InChI is InChI=1S/C45H29N3O2S/c49-51(50)41-28-36(31-13-6-2-7-14-31)23-25-39(41)40-26-24-37(29-42(40)51)35-17-10-18-38(27-35)45-47-43(33-15-8-3-9-16-33)46-44(48-45)34-21-19-32(20-22-34)30-11-4-1-5-12-30/h1-29H. The third kappa shape index (κ3) is 5.62. The van der Waals surface area contributed by atoms with E-state index in [1.54, 1.807) is 12.1 Å². The Balaban J connectivity index is 1.10. The zero-order chi connectivity index (χ0) is 34.4. The molecule has 2 heterocycles. The summed E-state index contributed by atoms with van der Waals surface area (Å²) in [6.45, 7) is 0. The van der Waals surface area contributed by atoms with Crippen molar-refractivity contribution in [2.45, 2.75) is 9.79 Å². The van der Waals surface area contributed by atoms with E-state index < -0.39 is 9.84 Å². The van der Waals surface area contributed by atoms with Gasteiger partial charge in [-0.05, 0) is 51.6 Å². The van der Waals surface area contributed by atoms with Crippen molar-refractivity contribution < 1.29 is 8.42 Å². The molecule has 0 radical (unpaired) electrons. The molecule has 6 heteroatoms. The first kappa shape index (κ1) is 30.6. The highest BCUT2D eigenvalue weighted by Gasteiger charge is 2.33. The number of nitrogens with zero attached hydrogens (tertiary/aromatic N) is 3. The third-order valence-corrected chi connectivity index (χ3v) is 11.1. The fourth-order valence-corrected chi connectivity index (χ4v) is 8.41. The highest BCUT2D eigenvalue weighted by atomic mass is 32.2. The maximum Gasteiger partial charge on any atom is 0.207 e. The highest BCUT2D eigenvalue weighted by molar-refractivity contribution is 7.92. The van der Waals surface area contributed by atoms with Gasteiger partial charge >= 0.3 is 0 Å². The fraction of sp³-hybridized carbons (Fsp3) is 0. The summed E-state index contributed by atoms with van der Waals surface area (Å²) in [5.41, 5.74) is 9.78. The number of aromatic nitrogens is 3. The quantitative estimate of drug-likeness (QED) is 0.175. The van der Waals surface area contributed by atoms with Gasteiger partial charge in [0.2, 0.25) is 9.84 Å². The topological polar surface area (TPSA) is 72.8 Å². The van der Waals surface area contributed by atoms with E-state index in [1.165, 1.54) is 0 Å². The van der Waals surface area contributed by atoms with Crippen LogP contribution in [-0.2, 0) is 9.84 Å². The smallest absolute Gasteiger partial charge is 0.207 e. The first-order chi connectivity index (χ1) is 25.0. The Morgan fingerprint density at radius 1 is 0.294 bits per heavy atom. The number of fused-ring (bicyclic) bond motifs is 3. The number of benzene rings is 7. The molecule has 1 aromatic heterocycles. The van der Waals surface area contributed by atoms with Crippen LogP contribution in [0.15, 0.2) is 186 Å². The molecule has 1 aliphatic heterocycles. The van der Waals surface area contributed by atoms with Crippen molar-refractivity contribution in [2.24, 2.45) is 0 Å². The van der Waals surface area contributed by atoms with Crippen LogP contribution in [0.4, 0.5) is 0 Å². The summed E-state index contributed by atoms with van der Waals surface area (Å²) in [5.74, 6) is 1.67. The van der Waals surface area contributed by atoms with Gasteiger partial charge in [-0.1, -0.05) is 158 Å². The monoisotopic (exact) mass is 675 g/mol. The van der Waals surface area contributed by atoms with E-state index in [2.05, 4.69) is 24.3 Å². The van der Waals surface area contributed by atoms with E-state index in [0.29, 0.717) is 27.3 Å². The van der Waals surface area contributed by atoms with Gasteiger partial charge in [0.05, 0.1) is 9.79 Å². The van der Waals surface area contributed by atoms with Crippen LogP contribution in [0, 0.1) is 0 Å². The van der Waals surface area contributed by atoms with Crippen LogP contribution in [0.5, 0.6) is 0 Å². The van der Waals surface area contributed by atoms with E-state index in [1.807, 2.05) is 140 Å². The van der Waals surface area contributed by atoms with Gasteiger partial charge in [0.1, 0.15) is 0 Å². The van der Waals surface area contributed by atoms with E-state index in [-0.39, 0.29) is 0 Å². The second-order valence-electron chi connectivity index (χ2n) is 12.5. The molecule has 0 unspecified atom stereocenters. The van der Waals surface area contributed by atoms with Gasteiger partial charge in [-0.2, -0.15) is 0 Å². The molecule has 1 aliphatic rings. The van der Waals surface area contributed by atoms with Gasteiger partial charge in [-0.15, -0.1) is 0 Å². The highest BCUT2D eigenvalue weighted by Crippen LogP contribution is 2.46. The number of sulfone groups is 1. The number of rotatable bonds is 6. The predicted octanol–water partition coefficient (Wildman–Crippen LogP) is 10.7. The molecule has 0 aliphatic carbocycles. The summed E-state index contributed by atoms with van der Waals surface area (Å²) >= 11 is 0. The van der Waals surface area contributed by atoms with Crippen molar-refractivity contribution in [1.29, 1.82) is 0 Å². The van der Waals surface area contributed by atoms with Crippen LogP contribution in [0.3, 0.4) is 0 Å². The molecule has 0 bridgehead atoms. The molecule has 0 amide bonds. The van der Waals surface area contributed by atoms with E-state index in [9.17, 15) is 8.42 Å². The summed E-state index contributed by atoms with van der Waals surface area (Å²) in [7, 11) is -3.71. The van der Waals surface area contributed by atoms with Gasteiger partial charge in [0, 0.05) is 27.8 Å². The normalized spacial score (nSPS) is 12.6. The Hall–Kier alpha value is -6.50. The Labute approximate surface area is 296 Å². The lowest BCUT2D eigenvalue weighted by atomic mass is 9.97. The van der Waals surface area contributed by atoms with Crippen LogP contribution >= 0.6 is 0 Å². The number of hydrogen-bond donors (Lipinski definition) is 0. The first-order valence-electron chi connectivity index (χ1n) is 16.7. The van der Waals surface area contributed by atoms with Crippen molar-refractivity contribution in [3.8, 4) is 78.7 Å². The molecular weight excluding hydrogens is 647 g/mol. The Kier molecular flexibility index (Phi) is 7.45. The van der Waals surface area contributed by atoms with Crippen molar-refractivity contribution in [1.82, 2.24) is 15.0 Å². The lowest BCUT2D eigenvalue weighted by Crippen LogP contribution is -2.00. The Morgan fingerprint density at radius 3 is 1.18 bits per heavy atom. The minimum Gasteiger partial charge on any atom is -0.218 e. The van der Waals surface area contributed by atoms with Crippen LogP contribution < -0.4 is 0 Å². The van der Waals surface area contributed by atoms with Gasteiger partial charge in [-0.3, -0.25) is 0 Å². The van der Waals surface area contributed by atoms with Crippen molar-refractivity contribution in [3.63, 3.8) is 0 Å². The van der Waals surface area contributed by atoms with Gasteiger partial charge in [0.15, 0.2) is 17.5 Å². The van der Waals surface area contributed by atoms with E-state index in [4.69, 9.17) is 15.0 Å². The Bertz CT molecular complexity index is 2680. The molecule has 0 saturated heterocycles. The third-order valence-electron chi connectivity index (χ3n) is 9.31. The van der Waals surface area contributed by atoms with E-state index in [0.717, 1.165) is 61.2 Å². The molecule has 51 heavy (non-hydrogen) atoms. The van der Waals surface area contributed by atoms with Crippen LogP contribution in [0.1, 0.15) is 0 Å². The molecule has 9 rings (SSSR count). The molecule has 242 valence electrons. The lowest BCUT2D eigenvalue weighted by Gasteiger charge is -2.11. The SMILES string of the molecule is O=S1(=O)c2cc(-c3ccccc3)ccc2-c2ccc(-c3cccc(-c4nc(-c5ccccc5)nc(-c5ccc(-c6ccccc6)cc5)n4)c3)cc21. The molecule has 0 fully saturated rings. The van der Waals surface area contributed by atoms with Crippen LogP contribution in [-0.4, -0.2) is 23.4 Å². The van der Waals surface area contributed by atoms with Gasteiger partial charge in [0.25, 0.3) is 0 Å². The summed E-state index contributed by atoms with van der Waals surface area (Å²) in [6, 6.07) is 57.5. The molecule has 0 atom stereocenters. The second-order valence-corrected chi connectivity index (χ2v) is 14.4. The minimum absolute atomic E-state index is 0.318. The average molecular weight is 676 g/mol. The largest absolute Gasteiger partial charge is 0.218 e. The summed E-state index contributed by atoms with van der Waals surface area (Å²) in [5, 5.41) is 0. The maximum absolute atomic E-state index is 14.0. The molecule has 0 N–H and O–H groups in total. The minimum atomic E-state index is -3.71. The molecule has 7 aromatic carbocycles. The van der Waals surface area contributed by atoms with Gasteiger partial charge < -0.3 is 0 Å². The number of hydrogen-bond acceptors (Lipinski definition) is 5. The van der Waals surface area contributed by atoms with Crippen LogP contribution in [0.25, 0.3) is 78.7 Å². The average Bonchev–Trinajstić information content (AvgIpc) is 3.43. The molecule has 0 spiro atoms. The molecule has 8 aromatic rings. The second kappa shape index (κ2) is 12.4. The molecule has 0 saturated carbocycles. The summed E-state index contributed by atoms with van der Waals surface area (Å²) < 4.78 is 27.9. The Morgan fingerprint density at radius 2 is 0.627 bits per heavy atom. The maximum atomic E-state index is 14.0. The van der Waals surface area contributed by atoms with Crippen molar-refractivity contribution in [2.75, 3.05) is 0 Å². The lowest BCUT2D eigenvalue weighted by molar-refractivity contribution is 0.599. The van der Waals surface area contributed by atoms with Crippen molar-refractivity contribution in [3.05, 3.63) is 176 Å². The first-order valence-corrected chi connectivity index (χ1v) is 18.2. The van der Waals surface area contributed by atoms with Crippen molar-refractivity contribution >= 4 is 9.84 Å². The molecular formula is C45H29N3O2S. The van der Waals surface area contributed by atoms with E-state index >= 15 is 0 Å². The fourth-order valence-electron chi connectivity index (χ4n) is 6.67.